The molecule has 6 nitrogen and oxygen atoms in total. The Morgan fingerprint density at radius 1 is 1.44 bits per heavy atom. The quantitative estimate of drug-likeness (QED) is 0.804. The van der Waals surface area contributed by atoms with Crippen molar-refractivity contribution in [2.45, 2.75) is 19.9 Å². The Morgan fingerprint density at radius 3 is 2.89 bits per heavy atom. The van der Waals surface area contributed by atoms with Crippen LogP contribution >= 0.6 is 0 Å². The summed E-state index contributed by atoms with van der Waals surface area (Å²) in [5.41, 5.74) is 6.70. The van der Waals surface area contributed by atoms with E-state index in [1.165, 1.54) is 4.57 Å². The molecule has 2 heterocycles. The van der Waals surface area contributed by atoms with Crippen LogP contribution in [0.2, 0.25) is 0 Å². The predicted molar refractivity (Wildman–Crippen MR) is 68.5 cm³/mol. The number of nitrogen functional groups attached to an aromatic ring is 1. The molecule has 0 radical (unpaired) electrons. The van der Waals surface area contributed by atoms with Gasteiger partial charge in [0.15, 0.2) is 0 Å². The van der Waals surface area contributed by atoms with Gasteiger partial charge in [-0.05, 0) is 18.6 Å². The number of hydrogen-bond acceptors (Lipinski definition) is 4. The molecule has 0 unspecified atom stereocenters. The maximum atomic E-state index is 11.6. The van der Waals surface area contributed by atoms with Crippen LogP contribution in [0.25, 0.3) is 0 Å². The first kappa shape index (κ1) is 12.1. The van der Waals surface area contributed by atoms with Crippen LogP contribution in [0.15, 0.2) is 34.1 Å². The Morgan fingerprint density at radius 2 is 2.22 bits per heavy atom. The van der Waals surface area contributed by atoms with Crippen molar-refractivity contribution < 1.29 is 0 Å². The van der Waals surface area contributed by atoms with Gasteiger partial charge in [-0.25, -0.2) is 4.79 Å². The second-order valence-electron chi connectivity index (χ2n) is 3.98. The minimum absolute atomic E-state index is 0.285. The lowest BCUT2D eigenvalue weighted by atomic mass is 10.2. The van der Waals surface area contributed by atoms with E-state index < -0.39 is 5.69 Å². The van der Waals surface area contributed by atoms with Crippen molar-refractivity contribution in [2.75, 3.05) is 5.73 Å². The van der Waals surface area contributed by atoms with E-state index in [1.54, 1.807) is 24.5 Å². The van der Waals surface area contributed by atoms with Crippen molar-refractivity contribution in [3.8, 4) is 0 Å². The molecule has 0 aromatic carbocycles. The first-order valence-electron chi connectivity index (χ1n) is 5.63. The fourth-order valence-electron chi connectivity index (χ4n) is 1.68. The minimum Gasteiger partial charge on any atom is -0.399 e. The van der Waals surface area contributed by atoms with Crippen LogP contribution in [0, 0.1) is 0 Å². The molecule has 2 rings (SSSR count). The van der Waals surface area contributed by atoms with E-state index in [1.807, 2.05) is 6.92 Å². The van der Waals surface area contributed by atoms with E-state index in [-0.39, 0.29) is 12.1 Å². The number of nitrogens with zero attached hydrogens (tertiary/aromatic N) is 2. The number of rotatable bonds is 3. The van der Waals surface area contributed by atoms with E-state index in [0.717, 1.165) is 0 Å². The average molecular weight is 246 g/mol. The lowest BCUT2D eigenvalue weighted by Crippen LogP contribution is -2.32. The van der Waals surface area contributed by atoms with Crippen LogP contribution in [-0.2, 0) is 13.0 Å². The molecule has 0 aliphatic heterocycles. The van der Waals surface area contributed by atoms with Crippen LogP contribution in [0.5, 0.6) is 0 Å². The van der Waals surface area contributed by atoms with Gasteiger partial charge in [-0.3, -0.25) is 19.3 Å². The summed E-state index contributed by atoms with van der Waals surface area (Å²) in [6.45, 7) is 2.14. The predicted octanol–water partition coefficient (Wildman–Crippen LogP) is 0.124. The summed E-state index contributed by atoms with van der Waals surface area (Å²) in [5.74, 6) is 0. The van der Waals surface area contributed by atoms with Crippen LogP contribution < -0.4 is 17.0 Å². The summed E-state index contributed by atoms with van der Waals surface area (Å²) in [7, 11) is 0. The molecule has 0 fully saturated rings. The number of H-pyrrole nitrogens is 1. The Bertz CT molecular complexity index is 672. The molecule has 0 amide bonds. The van der Waals surface area contributed by atoms with Gasteiger partial charge in [-0.15, -0.1) is 0 Å². The molecule has 3 N–H and O–H groups in total. The van der Waals surface area contributed by atoms with Crippen LogP contribution in [-0.4, -0.2) is 14.5 Å². The van der Waals surface area contributed by atoms with Crippen molar-refractivity contribution in [3.63, 3.8) is 0 Å². The number of aromatic amines is 1. The normalized spacial score (nSPS) is 10.5. The van der Waals surface area contributed by atoms with Gasteiger partial charge in [0.25, 0.3) is 5.56 Å². The van der Waals surface area contributed by atoms with E-state index in [9.17, 15) is 9.59 Å². The molecule has 2 aromatic heterocycles. The molecule has 0 atom stereocenters. The second kappa shape index (κ2) is 4.87. The van der Waals surface area contributed by atoms with Gasteiger partial charge in [0.05, 0.1) is 12.2 Å². The van der Waals surface area contributed by atoms with Gasteiger partial charge in [-0.2, -0.15) is 0 Å². The fraction of sp³-hybridized carbons (Fsp3) is 0.250. The third-order valence-corrected chi connectivity index (χ3v) is 2.64. The van der Waals surface area contributed by atoms with Gasteiger partial charge in [0.1, 0.15) is 0 Å². The number of nitrogens with two attached hydrogens (primary N) is 1. The van der Waals surface area contributed by atoms with Crippen LogP contribution in [0.3, 0.4) is 0 Å². The maximum Gasteiger partial charge on any atom is 0.328 e. The number of hydrogen-bond donors (Lipinski definition) is 2. The molecule has 0 aliphatic carbocycles. The Labute approximate surface area is 103 Å². The standard InChI is InChI=1S/C12H14N4O2/c1-2-8-6-16(12(18)15-11(8)17)7-10-5-9(13)3-4-14-10/h3-6H,2,7H2,1H3,(H2,13,14)(H,15,17,18). The number of aromatic nitrogens is 3. The van der Waals surface area contributed by atoms with Crippen LogP contribution in [0.4, 0.5) is 5.69 Å². The first-order chi connectivity index (χ1) is 8.60. The van der Waals surface area contributed by atoms with Crippen molar-refractivity contribution >= 4 is 5.69 Å². The molecule has 0 spiro atoms. The molecule has 94 valence electrons. The monoisotopic (exact) mass is 246 g/mol. The third kappa shape index (κ3) is 2.48. The molecule has 0 aliphatic rings. The summed E-state index contributed by atoms with van der Waals surface area (Å²) in [5, 5.41) is 0. The molecular weight excluding hydrogens is 232 g/mol. The second-order valence-corrected chi connectivity index (χ2v) is 3.98. The van der Waals surface area contributed by atoms with Gasteiger partial charge >= 0.3 is 5.69 Å². The molecule has 0 saturated carbocycles. The molecule has 2 aromatic rings. The summed E-state index contributed by atoms with van der Waals surface area (Å²) in [4.78, 5) is 29.5. The highest BCUT2D eigenvalue weighted by molar-refractivity contribution is 5.37. The van der Waals surface area contributed by atoms with E-state index in [0.29, 0.717) is 23.4 Å². The van der Waals surface area contributed by atoms with Gasteiger partial charge in [-0.1, -0.05) is 6.92 Å². The van der Waals surface area contributed by atoms with Crippen LogP contribution in [0.1, 0.15) is 18.2 Å². The lowest BCUT2D eigenvalue weighted by Gasteiger charge is -2.06. The fourth-order valence-corrected chi connectivity index (χ4v) is 1.68. The highest BCUT2D eigenvalue weighted by Gasteiger charge is 2.04. The lowest BCUT2D eigenvalue weighted by molar-refractivity contribution is 0.694. The average Bonchev–Trinajstić information content (AvgIpc) is 2.33. The maximum absolute atomic E-state index is 11.6. The van der Waals surface area contributed by atoms with Gasteiger partial charge in [0, 0.05) is 23.6 Å². The number of anilines is 1. The summed E-state index contributed by atoms with van der Waals surface area (Å²) in [6, 6.07) is 3.37. The van der Waals surface area contributed by atoms with Gasteiger partial charge < -0.3 is 5.73 Å². The third-order valence-electron chi connectivity index (χ3n) is 2.64. The van der Waals surface area contributed by atoms with Crippen molar-refractivity contribution in [2.24, 2.45) is 0 Å². The van der Waals surface area contributed by atoms with Crippen molar-refractivity contribution in [1.29, 1.82) is 0 Å². The zero-order chi connectivity index (χ0) is 13.1. The Hall–Kier alpha value is -2.37. The summed E-state index contributed by atoms with van der Waals surface area (Å²) < 4.78 is 1.42. The number of pyridine rings is 1. The van der Waals surface area contributed by atoms with E-state index in [4.69, 9.17) is 5.73 Å². The van der Waals surface area contributed by atoms with Crippen molar-refractivity contribution in [1.82, 2.24) is 14.5 Å². The number of aryl methyl sites for hydroxylation is 1. The minimum atomic E-state index is -0.443. The van der Waals surface area contributed by atoms with Gasteiger partial charge in [0.2, 0.25) is 0 Å². The highest BCUT2D eigenvalue weighted by atomic mass is 16.2. The highest BCUT2D eigenvalue weighted by Crippen LogP contribution is 2.04. The SMILES string of the molecule is CCc1cn(Cc2cc(N)ccn2)c(=O)[nH]c1=O. The topological polar surface area (TPSA) is 93.8 Å². The molecule has 18 heavy (non-hydrogen) atoms. The Balaban J connectivity index is 2.40. The molecule has 6 heteroatoms. The van der Waals surface area contributed by atoms with E-state index >= 15 is 0 Å². The summed E-state index contributed by atoms with van der Waals surface area (Å²) in [6.07, 6.45) is 3.72. The van der Waals surface area contributed by atoms with Crippen molar-refractivity contribution in [3.05, 3.63) is 56.6 Å². The molecular formula is C12H14N4O2. The largest absolute Gasteiger partial charge is 0.399 e. The first-order valence-corrected chi connectivity index (χ1v) is 5.63. The number of nitrogens with one attached hydrogen (secondary N) is 1. The zero-order valence-corrected chi connectivity index (χ0v) is 10.0. The zero-order valence-electron chi connectivity index (χ0n) is 10.0. The Kier molecular flexibility index (Phi) is 3.27. The molecule has 0 saturated heterocycles. The smallest absolute Gasteiger partial charge is 0.328 e. The summed E-state index contributed by atoms with van der Waals surface area (Å²) >= 11 is 0. The molecule has 0 bridgehead atoms. The van der Waals surface area contributed by atoms with E-state index in [2.05, 4.69) is 9.97 Å².